The molecule has 100 valence electrons. The van der Waals surface area contributed by atoms with Crippen molar-refractivity contribution in [3.63, 3.8) is 0 Å². The third kappa shape index (κ3) is 1.33. The Morgan fingerprint density at radius 3 is 2.16 bits per heavy atom. The largest absolute Gasteiger partial charge is 0.481 e. The van der Waals surface area contributed by atoms with Crippen molar-refractivity contribution in [3.05, 3.63) is 12.2 Å². The Balaban J connectivity index is 1.63. The minimum atomic E-state index is -0.973. The lowest BCUT2D eigenvalue weighted by Gasteiger charge is -2.37. The van der Waals surface area contributed by atoms with Crippen LogP contribution in [-0.2, 0) is 14.4 Å². The summed E-state index contributed by atoms with van der Waals surface area (Å²) in [6.45, 7) is 0.0226. The fourth-order valence-electron chi connectivity index (χ4n) is 4.45. The summed E-state index contributed by atoms with van der Waals surface area (Å²) >= 11 is 0. The molecule has 0 unspecified atom stereocenters. The molecule has 5 aliphatic rings. The van der Waals surface area contributed by atoms with Gasteiger partial charge in [-0.1, -0.05) is 12.2 Å². The molecule has 0 aromatic heterocycles. The van der Waals surface area contributed by atoms with Gasteiger partial charge in [0.1, 0.15) is 0 Å². The highest BCUT2D eigenvalue weighted by molar-refractivity contribution is 6.06. The number of carboxylic acids is 1. The molecule has 5 heteroatoms. The van der Waals surface area contributed by atoms with Gasteiger partial charge >= 0.3 is 5.97 Å². The van der Waals surface area contributed by atoms with Crippen LogP contribution in [0.4, 0.5) is 0 Å². The lowest BCUT2D eigenvalue weighted by atomic mass is 9.63. The molecular formula is C14H15NO4. The highest BCUT2D eigenvalue weighted by Gasteiger charge is 2.66. The molecule has 0 aromatic rings. The van der Waals surface area contributed by atoms with Gasteiger partial charge in [-0.15, -0.1) is 0 Å². The predicted molar refractivity (Wildman–Crippen MR) is 63.7 cm³/mol. The standard InChI is InChI=1S/C14H15NO4/c16-10(17)3-4-15-13(18)11-6-1-2-7(9-5-8(6)9)12(11)14(15)19/h1-2,6-9,11-12H,3-5H2,(H,16,17)/t6-,7-,8+,9+,11+,12+/m1/s1. The predicted octanol–water partition coefficient (Wildman–Crippen LogP) is 0.514. The first-order chi connectivity index (χ1) is 9.09. The lowest BCUT2D eigenvalue weighted by molar-refractivity contribution is -0.142. The van der Waals surface area contributed by atoms with E-state index in [1.807, 2.05) is 0 Å². The Morgan fingerprint density at radius 2 is 1.68 bits per heavy atom. The minimum absolute atomic E-state index is 0.0226. The van der Waals surface area contributed by atoms with Gasteiger partial charge in [-0.3, -0.25) is 19.3 Å². The summed E-state index contributed by atoms with van der Waals surface area (Å²) in [5.41, 5.74) is 0. The van der Waals surface area contributed by atoms with Crippen LogP contribution in [0.5, 0.6) is 0 Å². The van der Waals surface area contributed by atoms with Crippen LogP contribution in [-0.4, -0.2) is 34.3 Å². The molecule has 5 rings (SSSR count). The first-order valence-electron chi connectivity index (χ1n) is 6.85. The maximum atomic E-state index is 12.4. The van der Waals surface area contributed by atoms with Gasteiger partial charge in [0.2, 0.25) is 11.8 Å². The number of likely N-dealkylation sites (tertiary alicyclic amines) is 1. The number of aliphatic carboxylic acids is 1. The van der Waals surface area contributed by atoms with Gasteiger partial charge in [-0.05, 0) is 30.1 Å². The number of carbonyl (C=O) groups excluding carboxylic acids is 2. The molecule has 3 fully saturated rings. The van der Waals surface area contributed by atoms with E-state index in [1.54, 1.807) is 0 Å². The fourth-order valence-corrected chi connectivity index (χ4v) is 4.45. The smallest absolute Gasteiger partial charge is 0.305 e. The monoisotopic (exact) mass is 261 g/mol. The van der Waals surface area contributed by atoms with Crippen LogP contribution in [0.3, 0.4) is 0 Å². The van der Waals surface area contributed by atoms with E-state index in [9.17, 15) is 14.4 Å². The van der Waals surface area contributed by atoms with Crippen molar-refractivity contribution in [2.45, 2.75) is 12.8 Å². The molecule has 5 nitrogen and oxygen atoms in total. The molecule has 2 saturated carbocycles. The van der Waals surface area contributed by atoms with Crippen LogP contribution in [0, 0.1) is 35.5 Å². The van der Waals surface area contributed by atoms with Crippen molar-refractivity contribution < 1.29 is 19.5 Å². The van der Waals surface area contributed by atoms with Gasteiger partial charge in [0, 0.05) is 6.54 Å². The topological polar surface area (TPSA) is 74.7 Å². The quantitative estimate of drug-likeness (QED) is 0.593. The molecule has 0 radical (unpaired) electrons. The SMILES string of the molecule is O=C(O)CCN1C(=O)[C@H]2[C@@H]3C=C[C@H]([C@@H]4C[C@@H]34)[C@@H]2C1=O. The van der Waals surface area contributed by atoms with Gasteiger partial charge in [-0.2, -0.15) is 0 Å². The van der Waals surface area contributed by atoms with E-state index in [0.717, 1.165) is 6.42 Å². The minimum Gasteiger partial charge on any atom is -0.481 e. The van der Waals surface area contributed by atoms with Crippen LogP contribution in [0.2, 0.25) is 0 Å². The number of allylic oxidation sites excluding steroid dienone is 2. The molecule has 19 heavy (non-hydrogen) atoms. The van der Waals surface area contributed by atoms with Crippen molar-refractivity contribution in [3.8, 4) is 0 Å². The second kappa shape index (κ2) is 3.46. The summed E-state index contributed by atoms with van der Waals surface area (Å²) in [4.78, 5) is 36.6. The van der Waals surface area contributed by atoms with E-state index < -0.39 is 5.97 Å². The molecule has 0 aromatic carbocycles. The first-order valence-corrected chi connectivity index (χ1v) is 6.85. The molecule has 2 bridgehead atoms. The summed E-state index contributed by atoms with van der Waals surface area (Å²) in [6.07, 6.45) is 5.22. The number of rotatable bonds is 3. The summed E-state index contributed by atoms with van der Waals surface area (Å²) in [5, 5.41) is 8.71. The number of hydrogen-bond donors (Lipinski definition) is 1. The van der Waals surface area contributed by atoms with E-state index in [4.69, 9.17) is 5.11 Å². The third-order valence-corrected chi connectivity index (χ3v) is 5.30. The van der Waals surface area contributed by atoms with Gasteiger partial charge in [0.05, 0.1) is 18.3 Å². The second-order valence-corrected chi connectivity index (χ2v) is 6.13. The zero-order valence-corrected chi connectivity index (χ0v) is 10.4. The van der Waals surface area contributed by atoms with E-state index in [1.165, 1.54) is 4.90 Å². The Morgan fingerprint density at radius 1 is 1.16 bits per heavy atom. The Labute approximate surface area is 110 Å². The van der Waals surface area contributed by atoms with Crippen LogP contribution in [0.25, 0.3) is 0 Å². The second-order valence-electron chi connectivity index (χ2n) is 6.13. The van der Waals surface area contributed by atoms with Crippen molar-refractivity contribution in [1.82, 2.24) is 4.90 Å². The molecule has 0 spiro atoms. The highest BCUT2D eigenvalue weighted by atomic mass is 16.4. The molecule has 1 aliphatic heterocycles. The van der Waals surface area contributed by atoms with E-state index >= 15 is 0 Å². The number of carboxylic acid groups (broad SMARTS) is 1. The van der Waals surface area contributed by atoms with Crippen molar-refractivity contribution in [2.75, 3.05) is 6.54 Å². The van der Waals surface area contributed by atoms with Gasteiger partial charge in [0.25, 0.3) is 0 Å². The van der Waals surface area contributed by atoms with Crippen LogP contribution in [0.15, 0.2) is 12.2 Å². The summed E-state index contributed by atoms with van der Waals surface area (Å²) < 4.78 is 0. The summed E-state index contributed by atoms with van der Waals surface area (Å²) in [5.74, 6) is -0.0567. The maximum absolute atomic E-state index is 12.4. The fraction of sp³-hybridized carbons (Fsp3) is 0.643. The molecule has 2 amide bonds. The number of carbonyl (C=O) groups is 3. The van der Waals surface area contributed by atoms with Crippen molar-refractivity contribution >= 4 is 17.8 Å². The van der Waals surface area contributed by atoms with E-state index in [2.05, 4.69) is 12.2 Å². The highest BCUT2D eigenvalue weighted by Crippen LogP contribution is 2.65. The summed E-state index contributed by atoms with van der Waals surface area (Å²) in [7, 11) is 0. The van der Waals surface area contributed by atoms with Crippen LogP contribution >= 0.6 is 0 Å². The molecular weight excluding hydrogens is 246 g/mol. The Bertz CT molecular complexity index is 490. The Kier molecular flexibility index (Phi) is 2.04. The van der Waals surface area contributed by atoms with Crippen LogP contribution < -0.4 is 0 Å². The van der Waals surface area contributed by atoms with Crippen molar-refractivity contribution in [2.24, 2.45) is 35.5 Å². The number of nitrogens with zero attached hydrogens (tertiary/aromatic N) is 1. The molecule has 1 heterocycles. The maximum Gasteiger partial charge on any atom is 0.305 e. The van der Waals surface area contributed by atoms with E-state index in [0.29, 0.717) is 11.8 Å². The molecule has 4 aliphatic carbocycles. The zero-order chi connectivity index (χ0) is 13.3. The van der Waals surface area contributed by atoms with Gasteiger partial charge < -0.3 is 5.11 Å². The number of imide groups is 1. The van der Waals surface area contributed by atoms with Gasteiger partial charge in [-0.25, -0.2) is 0 Å². The average molecular weight is 261 g/mol. The third-order valence-electron chi connectivity index (χ3n) is 5.30. The van der Waals surface area contributed by atoms with Crippen LogP contribution in [0.1, 0.15) is 12.8 Å². The van der Waals surface area contributed by atoms with Gasteiger partial charge in [0.15, 0.2) is 0 Å². The molecule has 6 atom stereocenters. The lowest BCUT2D eigenvalue weighted by Crippen LogP contribution is -2.40. The average Bonchev–Trinajstić information content (AvgIpc) is 3.14. The molecule has 1 N–H and O–H groups in total. The first kappa shape index (κ1) is 11.2. The normalized spacial score (nSPS) is 45.4. The zero-order valence-electron chi connectivity index (χ0n) is 10.4. The number of amides is 2. The van der Waals surface area contributed by atoms with E-state index in [-0.39, 0.29) is 48.5 Å². The number of hydrogen-bond acceptors (Lipinski definition) is 3. The Hall–Kier alpha value is -1.65. The molecule has 1 saturated heterocycles. The summed E-state index contributed by atoms with van der Waals surface area (Å²) in [6, 6.07) is 0. The van der Waals surface area contributed by atoms with Crippen molar-refractivity contribution in [1.29, 1.82) is 0 Å².